The number of halogens is 3. The fraction of sp³-hybridized carbons (Fsp3) is 0.538. The van der Waals surface area contributed by atoms with Crippen molar-refractivity contribution in [2.24, 2.45) is 17.7 Å². The average Bonchev–Trinajstić information content (AvgIpc) is 3.13. The van der Waals surface area contributed by atoms with Gasteiger partial charge in [-0.15, -0.1) is 0 Å². The number of alkyl halides is 3. The van der Waals surface area contributed by atoms with Crippen molar-refractivity contribution in [3.8, 4) is 0 Å². The van der Waals surface area contributed by atoms with Crippen molar-refractivity contribution < 1.29 is 13.2 Å². The van der Waals surface area contributed by atoms with E-state index in [0.717, 1.165) is 18.9 Å². The minimum atomic E-state index is -4.31. The molecule has 5 heteroatoms. The van der Waals surface area contributed by atoms with Crippen LogP contribution in [0.15, 0.2) is 24.3 Å². The molecule has 0 amide bonds. The molecule has 1 fully saturated rings. The second kappa shape index (κ2) is 4.90. The molecule has 0 heterocycles. The molecule has 0 aliphatic heterocycles. The highest BCUT2D eigenvalue weighted by Crippen LogP contribution is 2.43. The van der Waals surface area contributed by atoms with E-state index in [1.54, 1.807) is 6.07 Å². The van der Waals surface area contributed by atoms with Crippen LogP contribution in [-0.4, -0.2) is 0 Å². The average molecular weight is 258 g/mol. The first-order valence-electron chi connectivity index (χ1n) is 6.06. The highest BCUT2D eigenvalue weighted by molar-refractivity contribution is 5.28. The Labute approximate surface area is 104 Å². The Kier molecular flexibility index (Phi) is 3.64. The van der Waals surface area contributed by atoms with Crippen LogP contribution in [0.2, 0.25) is 0 Å². The lowest BCUT2D eigenvalue weighted by molar-refractivity contribution is -0.137. The van der Waals surface area contributed by atoms with Gasteiger partial charge in [0.05, 0.1) is 5.56 Å². The van der Waals surface area contributed by atoms with Crippen molar-refractivity contribution in [2.75, 3.05) is 0 Å². The SMILES string of the molecule is CC(C1CC1)C(NN)c1cccc(C(F)(F)F)c1. The van der Waals surface area contributed by atoms with E-state index in [1.165, 1.54) is 12.1 Å². The maximum atomic E-state index is 12.7. The van der Waals surface area contributed by atoms with Gasteiger partial charge in [-0.1, -0.05) is 19.1 Å². The number of nitrogens with one attached hydrogen (secondary N) is 1. The zero-order valence-corrected chi connectivity index (χ0v) is 10.2. The van der Waals surface area contributed by atoms with Crippen LogP contribution in [0.4, 0.5) is 13.2 Å². The standard InChI is InChI=1S/C13H17F3N2/c1-8(9-5-6-9)12(18-17)10-3-2-4-11(7-10)13(14,15)16/h2-4,7-9,12,18H,5-6,17H2,1H3. The summed E-state index contributed by atoms with van der Waals surface area (Å²) in [6.07, 6.45) is -2.03. The van der Waals surface area contributed by atoms with Crippen molar-refractivity contribution >= 4 is 0 Å². The topological polar surface area (TPSA) is 38.0 Å². The molecule has 1 aliphatic rings. The summed E-state index contributed by atoms with van der Waals surface area (Å²) in [7, 11) is 0. The summed E-state index contributed by atoms with van der Waals surface area (Å²) >= 11 is 0. The van der Waals surface area contributed by atoms with E-state index in [1.807, 2.05) is 6.92 Å². The largest absolute Gasteiger partial charge is 0.416 e. The molecule has 1 aromatic rings. The minimum absolute atomic E-state index is 0.222. The predicted molar refractivity (Wildman–Crippen MR) is 63.4 cm³/mol. The highest BCUT2D eigenvalue weighted by Gasteiger charge is 2.35. The molecular formula is C13H17F3N2. The smallest absolute Gasteiger partial charge is 0.271 e. The molecule has 0 saturated heterocycles. The summed E-state index contributed by atoms with van der Waals surface area (Å²) in [6, 6.07) is 5.17. The van der Waals surface area contributed by atoms with Gasteiger partial charge in [-0.05, 0) is 42.4 Å². The predicted octanol–water partition coefficient (Wildman–Crippen LogP) is 3.26. The van der Waals surface area contributed by atoms with Crippen molar-refractivity contribution in [1.29, 1.82) is 0 Å². The maximum absolute atomic E-state index is 12.7. The Balaban J connectivity index is 2.25. The first-order chi connectivity index (χ1) is 8.43. The lowest BCUT2D eigenvalue weighted by atomic mass is 9.90. The van der Waals surface area contributed by atoms with Crippen LogP contribution in [0.5, 0.6) is 0 Å². The van der Waals surface area contributed by atoms with E-state index in [-0.39, 0.29) is 12.0 Å². The van der Waals surface area contributed by atoms with E-state index in [0.29, 0.717) is 11.5 Å². The summed E-state index contributed by atoms with van der Waals surface area (Å²) < 4.78 is 38.0. The molecule has 2 nitrogen and oxygen atoms in total. The molecule has 3 N–H and O–H groups in total. The van der Waals surface area contributed by atoms with Crippen LogP contribution >= 0.6 is 0 Å². The van der Waals surface area contributed by atoms with Crippen LogP contribution in [0.1, 0.15) is 36.9 Å². The molecule has 2 atom stereocenters. The number of hydrogen-bond acceptors (Lipinski definition) is 2. The first kappa shape index (κ1) is 13.4. The Morgan fingerprint density at radius 3 is 2.50 bits per heavy atom. The van der Waals surface area contributed by atoms with Crippen molar-refractivity contribution in [1.82, 2.24) is 5.43 Å². The molecule has 2 unspecified atom stereocenters. The van der Waals surface area contributed by atoms with Gasteiger partial charge in [-0.2, -0.15) is 13.2 Å². The van der Waals surface area contributed by atoms with Gasteiger partial charge in [-0.25, -0.2) is 0 Å². The van der Waals surface area contributed by atoms with Gasteiger partial charge < -0.3 is 0 Å². The fourth-order valence-corrected chi connectivity index (χ4v) is 2.35. The van der Waals surface area contributed by atoms with Gasteiger partial charge in [0.1, 0.15) is 0 Å². The van der Waals surface area contributed by atoms with Crippen molar-refractivity contribution in [2.45, 2.75) is 32.0 Å². The van der Waals surface area contributed by atoms with E-state index < -0.39 is 11.7 Å². The molecule has 0 radical (unpaired) electrons. The summed E-state index contributed by atoms with van der Waals surface area (Å²) in [5.74, 6) is 6.32. The third-order valence-corrected chi connectivity index (χ3v) is 3.64. The number of benzene rings is 1. The Morgan fingerprint density at radius 1 is 1.33 bits per heavy atom. The Hall–Kier alpha value is -1.07. The van der Waals surface area contributed by atoms with E-state index in [4.69, 9.17) is 5.84 Å². The van der Waals surface area contributed by atoms with Crippen LogP contribution in [0, 0.1) is 11.8 Å². The fourth-order valence-electron chi connectivity index (χ4n) is 2.35. The third-order valence-electron chi connectivity index (χ3n) is 3.64. The Bertz CT molecular complexity index is 413. The van der Waals surface area contributed by atoms with Crippen LogP contribution < -0.4 is 11.3 Å². The highest BCUT2D eigenvalue weighted by atomic mass is 19.4. The second-order valence-electron chi connectivity index (χ2n) is 4.96. The molecular weight excluding hydrogens is 241 g/mol. The summed E-state index contributed by atoms with van der Waals surface area (Å²) in [5, 5.41) is 0. The van der Waals surface area contributed by atoms with Crippen molar-refractivity contribution in [3.63, 3.8) is 0 Å². The quantitative estimate of drug-likeness (QED) is 0.642. The van der Waals surface area contributed by atoms with Gasteiger partial charge in [0, 0.05) is 6.04 Å². The lowest BCUT2D eigenvalue weighted by Gasteiger charge is -2.24. The van der Waals surface area contributed by atoms with Gasteiger partial charge in [-0.3, -0.25) is 11.3 Å². The summed E-state index contributed by atoms with van der Waals surface area (Å²) in [4.78, 5) is 0. The maximum Gasteiger partial charge on any atom is 0.416 e. The molecule has 0 bridgehead atoms. The van der Waals surface area contributed by atoms with Crippen LogP contribution in [0.3, 0.4) is 0 Å². The second-order valence-corrected chi connectivity index (χ2v) is 4.96. The normalized spacial score (nSPS) is 19.6. The number of nitrogens with two attached hydrogens (primary N) is 1. The molecule has 2 rings (SSSR count). The van der Waals surface area contributed by atoms with E-state index >= 15 is 0 Å². The molecule has 0 spiro atoms. The lowest BCUT2D eigenvalue weighted by Crippen LogP contribution is -2.33. The zero-order chi connectivity index (χ0) is 13.3. The molecule has 18 heavy (non-hydrogen) atoms. The molecule has 100 valence electrons. The first-order valence-corrected chi connectivity index (χ1v) is 6.06. The molecule has 0 aromatic heterocycles. The van der Waals surface area contributed by atoms with E-state index in [2.05, 4.69) is 5.43 Å². The monoisotopic (exact) mass is 258 g/mol. The summed E-state index contributed by atoms with van der Waals surface area (Å²) in [6.45, 7) is 2.03. The Morgan fingerprint density at radius 2 is 2.00 bits per heavy atom. The third kappa shape index (κ3) is 2.84. The number of hydrogen-bond donors (Lipinski definition) is 2. The number of rotatable bonds is 4. The van der Waals surface area contributed by atoms with Gasteiger partial charge >= 0.3 is 6.18 Å². The van der Waals surface area contributed by atoms with E-state index in [9.17, 15) is 13.2 Å². The van der Waals surface area contributed by atoms with Gasteiger partial charge in [0.2, 0.25) is 0 Å². The molecule has 1 saturated carbocycles. The molecule has 1 aliphatic carbocycles. The minimum Gasteiger partial charge on any atom is -0.271 e. The summed E-state index contributed by atoms with van der Waals surface area (Å²) in [5.41, 5.74) is 2.63. The zero-order valence-electron chi connectivity index (χ0n) is 10.2. The molecule has 1 aromatic carbocycles. The number of hydrazine groups is 1. The van der Waals surface area contributed by atoms with Crippen molar-refractivity contribution in [3.05, 3.63) is 35.4 Å². The van der Waals surface area contributed by atoms with Crippen LogP contribution in [0.25, 0.3) is 0 Å². The van der Waals surface area contributed by atoms with Gasteiger partial charge in [0.25, 0.3) is 0 Å². The van der Waals surface area contributed by atoms with Gasteiger partial charge in [0.15, 0.2) is 0 Å². The van der Waals surface area contributed by atoms with Crippen LogP contribution in [-0.2, 0) is 6.18 Å².